The number of rotatable bonds is 1. The minimum absolute atomic E-state index is 0.0143. The lowest BCUT2D eigenvalue weighted by Crippen LogP contribution is -2.53. The van der Waals surface area contributed by atoms with Crippen molar-refractivity contribution >= 4 is 27.9 Å². The number of amides is 3. The summed E-state index contributed by atoms with van der Waals surface area (Å²) in [5.41, 5.74) is 0.330. The van der Waals surface area contributed by atoms with Gasteiger partial charge in [0.15, 0.2) is 0 Å². The highest BCUT2D eigenvalue weighted by atomic mass is 79.9. The molecule has 5 nitrogen and oxygen atoms in total. The van der Waals surface area contributed by atoms with E-state index in [1.165, 1.54) is 12.1 Å². The lowest BCUT2D eigenvalue weighted by molar-refractivity contribution is 0.0616. The van der Waals surface area contributed by atoms with Gasteiger partial charge in [-0.05, 0) is 34.1 Å². The predicted octanol–water partition coefficient (Wildman–Crippen LogP) is 1.44. The van der Waals surface area contributed by atoms with Crippen molar-refractivity contribution in [2.75, 3.05) is 26.2 Å². The van der Waals surface area contributed by atoms with Crippen molar-refractivity contribution in [2.24, 2.45) is 0 Å². The van der Waals surface area contributed by atoms with Gasteiger partial charge >= 0.3 is 6.03 Å². The number of carbonyl (C=O) groups excluding carboxylic acids is 2. The van der Waals surface area contributed by atoms with Crippen LogP contribution in [0.3, 0.4) is 0 Å². The molecular weight excluding hydrogens is 329 g/mol. The summed E-state index contributed by atoms with van der Waals surface area (Å²) in [6, 6.07) is 4.30. The van der Waals surface area contributed by atoms with E-state index in [1.807, 2.05) is 0 Å². The van der Waals surface area contributed by atoms with Crippen molar-refractivity contribution in [2.45, 2.75) is 6.04 Å². The molecule has 1 aromatic rings. The van der Waals surface area contributed by atoms with Gasteiger partial charge in [-0.15, -0.1) is 0 Å². The summed E-state index contributed by atoms with van der Waals surface area (Å²) in [6.45, 7) is 2.02. The SMILES string of the molecule is O=C(c1ccc(Br)c(F)c1)N1CCN2C(=O)NCC2C1. The molecule has 106 valence electrons. The summed E-state index contributed by atoms with van der Waals surface area (Å²) in [5, 5.41) is 2.76. The van der Waals surface area contributed by atoms with E-state index in [0.29, 0.717) is 36.2 Å². The second-order valence-corrected chi connectivity index (χ2v) is 5.77. The number of hydrogen-bond donors (Lipinski definition) is 1. The molecule has 1 aromatic carbocycles. The van der Waals surface area contributed by atoms with Crippen LogP contribution < -0.4 is 5.32 Å². The summed E-state index contributed by atoms with van der Waals surface area (Å²) in [7, 11) is 0. The van der Waals surface area contributed by atoms with Crippen LogP contribution in [0.15, 0.2) is 22.7 Å². The lowest BCUT2D eigenvalue weighted by atomic mass is 10.1. The molecule has 1 atom stereocenters. The Balaban J connectivity index is 1.75. The highest BCUT2D eigenvalue weighted by molar-refractivity contribution is 9.10. The molecule has 0 radical (unpaired) electrons. The van der Waals surface area contributed by atoms with Gasteiger partial charge in [-0.25, -0.2) is 9.18 Å². The second kappa shape index (κ2) is 5.05. The molecule has 2 aliphatic heterocycles. The maximum absolute atomic E-state index is 13.5. The first-order valence-corrected chi connectivity index (χ1v) is 7.14. The standard InChI is InChI=1S/C13H13BrFN3O2/c14-10-2-1-8(5-11(10)15)12(19)17-3-4-18-9(7-17)6-16-13(18)20/h1-2,5,9H,3-4,6-7H2,(H,16,20). The Morgan fingerprint density at radius 1 is 1.40 bits per heavy atom. The van der Waals surface area contributed by atoms with Crippen LogP contribution in [0.25, 0.3) is 0 Å². The van der Waals surface area contributed by atoms with Crippen molar-refractivity contribution in [1.82, 2.24) is 15.1 Å². The molecular formula is C13H13BrFN3O2. The highest BCUT2D eigenvalue weighted by Gasteiger charge is 2.37. The first-order valence-electron chi connectivity index (χ1n) is 6.35. The zero-order chi connectivity index (χ0) is 14.3. The molecule has 1 unspecified atom stereocenters. The highest BCUT2D eigenvalue weighted by Crippen LogP contribution is 2.20. The monoisotopic (exact) mass is 341 g/mol. The van der Waals surface area contributed by atoms with Crippen molar-refractivity contribution in [1.29, 1.82) is 0 Å². The second-order valence-electron chi connectivity index (χ2n) is 4.91. The summed E-state index contributed by atoms with van der Waals surface area (Å²) in [4.78, 5) is 27.3. The number of piperazine rings is 1. The number of fused-ring (bicyclic) bond motifs is 1. The van der Waals surface area contributed by atoms with Gasteiger partial charge in [0.2, 0.25) is 0 Å². The van der Waals surface area contributed by atoms with Crippen molar-refractivity contribution < 1.29 is 14.0 Å². The molecule has 20 heavy (non-hydrogen) atoms. The van der Waals surface area contributed by atoms with Crippen LogP contribution >= 0.6 is 15.9 Å². The van der Waals surface area contributed by atoms with Crippen LogP contribution in [0.4, 0.5) is 9.18 Å². The fraction of sp³-hybridized carbons (Fsp3) is 0.385. The minimum atomic E-state index is -0.452. The predicted molar refractivity (Wildman–Crippen MR) is 73.9 cm³/mol. The van der Waals surface area contributed by atoms with E-state index >= 15 is 0 Å². The number of urea groups is 1. The third-order valence-electron chi connectivity index (χ3n) is 3.69. The van der Waals surface area contributed by atoms with Crippen molar-refractivity contribution in [3.8, 4) is 0 Å². The zero-order valence-corrected chi connectivity index (χ0v) is 12.2. The normalized spacial score (nSPS) is 21.7. The number of nitrogens with zero attached hydrogens (tertiary/aromatic N) is 2. The summed E-state index contributed by atoms with van der Waals surface area (Å²) < 4.78 is 13.8. The lowest BCUT2D eigenvalue weighted by Gasteiger charge is -2.36. The molecule has 2 heterocycles. The van der Waals surface area contributed by atoms with Crippen LogP contribution in [0, 0.1) is 5.82 Å². The molecule has 3 rings (SSSR count). The molecule has 0 aromatic heterocycles. The molecule has 7 heteroatoms. The largest absolute Gasteiger partial charge is 0.336 e. The van der Waals surface area contributed by atoms with Gasteiger partial charge in [0, 0.05) is 31.7 Å². The molecule has 0 bridgehead atoms. The van der Waals surface area contributed by atoms with Crippen molar-refractivity contribution in [3.05, 3.63) is 34.1 Å². The maximum Gasteiger partial charge on any atom is 0.317 e. The Kier molecular flexibility index (Phi) is 3.37. The van der Waals surface area contributed by atoms with Gasteiger partial charge in [-0.2, -0.15) is 0 Å². The minimum Gasteiger partial charge on any atom is -0.336 e. The van der Waals surface area contributed by atoms with E-state index in [-0.39, 0.29) is 18.0 Å². The Hall–Kier alpha value is -1.63. The summed E-state index contributed by atoms with van der Waals surface area (Å²) >= 11 is 3.07. The number of carbonyl (C=O) groups is 2. The number of benzene rings is 1. The quantitative estimate of drug-likeness (QED) is 0.840. The fourth-order valence-corrected chi connectivity index (χ4v) is 2.85. The Bertz CT molecular complexity index is 581. The van der Waals surface area contributed by atoms with Gasteiger partial charge in [0.05, 0.1) is 10.5 Å². The maximum atomic E-state index is 13.5. The number of halogens is 2. The van der Waals surface area contributed by atoms with E-state index in [4.69, 9.17) is 0 Å². The third-order valence-corrected chi connectivity index (χ3v) is 4.33. The molecule has 0 saturated carbocycles. The number of hydrogen-bond acceptors (Lipinski definition) is 2. The Labute approximate surface area is 123 Å². The molecule has 2 saturated heterocycles. The molecule has 2 fully saturated rings. The summed E-state index contributed by atoms with van der Waals surface area (Å²) in [5.74, 6) is -0.650. The van der Waals surface area contributed by atoms with Crippen LogP contribution in [-0.2, 0) is 0 Å². The van der Waals surface area contributed by atoms with E-state index in [2.05, 4.69) is 21.2 Å². The number of nitrogens with one attached hydrogen (secondary N) is 1. The Morgan fingerprint density at radius 2 is 2.20 bits per heavy atom. The van der Waals surface area contributed by atoms with E-state index < -0.39 is 5.82 Å². The van der Waals surface area contributed by atoms with E-state index in [0.717, 1.165) is 0 Å². The third kappa shape index (κ3) is 2.26. The van der Waals surface area contributed by atoms with E-state index in [9.17, 15) is 14.0 Å². The van der Waals surface area contributed by atoms with Crippen LogP contribution in [0.2, 0.25) is 0 Å². The first-order chi connectivity index (χ1) is 9.56. The zero-order valence-electron chi connectivity index (χ0n) is 10.6. The average molecular weight is 342 g/mol. The molecule has 0 aliphatic carbocycles. The molecule has 1 N–H and O–H groups in total. The first kappa shape index (κ1) is 13.4. The molecule has 0 spiro atoms. The van der Waals surface area contributed by atoms with Gasteiger partial charge in [0.25, 0.3) is 5.91 Å². The van der Waals surface area contributed by atoms with Crippen LogP contribution in [0.1, 0.15) is 10.4 Å². The molecule has 2 aliphatic rings. The van der Waals surface area contributed by atoms with E-state index in [1.54, 1.807) is 15.9 Å². The van der Waals surface area contributed by atoms with Gasteiger partial charge in [0.1, 0.15) is 5.82 Å². The molecule has 3 amide bonds. The van der Waals surface area contributed by atoms with Crippen molar-refractivity contribution in [3.63, 3.8) is 0 Å². The van der Waals surface area contributed by atoms with Gasteiger partial charge in [-0.1, -0.05) is 0 Å². The topological polar surface area (TPSA) is 52.7 Å². The van der Waals surface area contributed by atoms with Gasteiger partial charge in [-0.3, -0.25) is 4.79 Å². The Morgan fingerprint density at radius 3 is 2.95 bits per heavy atom. The van der Waals surface area contributed by atoms with Crippen LogP contribution in [-0.4, -0.2) is 54.0 Å². The van der Waals surface area contributed by atoms with Gasteiger partial charge < -0.3 is 15.1 Å². The van der Waals surface area contributed by atoms with Crippen LogP contribution in [0.5, 0.6) is 0 Å². The smallest absolute Gasteiger partial charge is 0.317 e. The fourth-order valence-electron chi connectivity index (χ4n) is 2.60. The summed E-state index contributed by atoms with van der Waals surface area (Å²) in [6.07, 6.45) is 0. The average Bonchev–Trinajstić information content (AvgIpc) is 2.82.